The van der Waals surface area contributed by atoms with Gasteiger partial charge in [0.2, 0.25) is 0 Å². The van der Waals surface area contributed by atoms with Crippen molar-refractivity contribution in [3.63, 3.8) is 0 Å². The second-order valence-electron chi connectivity index (χ2n) is 3.33. The van der Waals surface area contributed by atoms with Gasteiger partial charge in [0.05, 0.1) is 5.02 Å². The van der Waals surface area contributed by atoms with Crippen molar-refractivity contribution in [3.8, 4) is 0 Å². The molecule has 1 nitrogen and oxygen atoms in total. The Bertz CT molecular complexity index is 540. The molecular weight excluding hydrogens is 259 g/mol. The number of aldehydes is 1. The lowest BCUT2D eigenvalue weighted by molar-refractivity contribution is 0.112. The molecule has 0 bridgehead atoms. The Morgan fingerprint density at radius 2 is 1.82 bits per heavy atom. The summed E-state index contributed by atoms with van der Waals surface area (Å²) >= 11 is 7.30. The summed E-state index contributed by atoms with van der Waals surface area (Å²) < 4.78 is 12.7. The highest BCUT2D eigenvalue weighted by Crippen LogP contribution is 2.32. The van der Waals surface area contributed by atoms with E-state index in [1.807, 2.05) is 6.07 Å². The monoisotopic (exact) mass is 266 g/mol. The molecule has 0 fully saturated rings. The zero-order valence-corrected chi connectivity index (χ0v) is 10.3. The molecule has 4 heteroatoms. The molecule has 2 aromatic carbocycles. The maximum Gasteiger partial charge on any atom is 0.152 e. The van der Waals surface area contributed by atoms with Crippen molar-refractivity contribution in [1.82, 2.24) is 0 Å². The van der Waals surface area contributed by atoms with Crippen LogP contribution in [0.4, 0.5) is 4.39 Å². The van der Waals surface area contributed by atoms with E-state index in [1.165, 1.54) is 23.9 Å². The summed E-state index contributed by atoms with van der Waals surface area (Å²) in [7, 11) is 0. The standard InChI is InChI=1S/C13H8ClFOS/c14-12-2-1-3-13(11(12)8-16)17-10-6-4-9(15)5-7-10/h1-8H. The lowest BCUT2D eigenvalue weighted by atomic mass is 10.2. The number of benzene rings is 2. The smallest absolute Gasteiger partial charge is 0.152 e. The van der Waals surface area contributed by atoms with Crippen molar-refractivity contribution in [2.75, 3.05) is 0 Å². The lowest BCUT2D eigenvalue weighted by Gasteiger charge is -2.05. The largest absolute Gasteiger partial charge is 0.298 e. The number of hydrogen-bond acceptors (Lipinski definition) is 2. The normalized spacial score (nSPS) is 10.2. The van der Waals surface area contributed by atoms with E-state index in [1.54, 1.807) is 24.3 Å². The Hall–Kier alpha value is -1.32. The Balaban J connectivity index is 2.33. The van der Waals surface area contributed by atoms with Gasteiger partial charge >= 0.3 is 0 Å². The third kappa shape index (κ3) is 2.87. The van der Waals surface area contributed by atoms with Gasteiger partial charge in [0.25, 0.3) is 0 Å². The first kappa shape index (κ1) is 12.1. The molecule has 0 aliphatic carbocycles. The summed E-state index contributed by atoms with van der Waals surface area (Å²) in [5.41, 5.74) is 0.462. The summed E-state index contributed by atoms with van der Waals surface area (Å²) in [6.45, 7) is 0. The number of carbonyl (C=O) groups is 1. The van der Waals surface area contributed by atoms with Crippen LogP contribution in [-0.4, -0.2) is 6.29 Å². The van der Waals surface area contributed by atoms with Gasteiger partial charge in [-0.3, -0.25) is 4.79 Å². The fraction of sp³-hybridized carbons (Fsp3) is 0. The first-order valence-corrected chi connectivity index (χ1v) is 6.07. The average Bonchev–Trinajstić information content (AvgIpc) is 2.32. The second kappa shape index (κ2) is 5.34. The van der Waals surface area contributed by atoms with Gasteiger partial charge in [-0.05, 0) is 36.4 Å². The van der Waals surface area contributed by atoms with Gasteiger partial charge in [-0.15, -0.1) is 0 Å². The van der Waals surface area contributed by atoms with Crippen LogP contribution < -0.4 is 0 Å². The van der Waals surface area contributed by atoms with E-state index in [9.17, 15) is 9.18 Å². The van der Waals surface area contributed by atoms with Crippen molar-refractivity contribution in [1.29, 1.82) is 0 Å². The summed E-state index contributed by atoms with van der Waals surface area (Å²) in [5.74, 6) is -0.281. The average molecular weight is 267 g/mol. The topological polar surface area (TPSA) is 17.1 Å². The molecule has 0 amide bonds. The van der Waals surface area contributed by atoms with Crippen LogP contribution in [-0.2, 0) is 0 Å². The molecule has 0 aromatic heterocycles. The number of halogens is 2. The molecule has 86 valence electrons. The summed E-state index contributed by atoms with van der Waals surface area (Å²) in [4.78, 5) is 12.6. The molecule has 0 aliphatic rings. The first-order valence-electron chi connectivity index (χ1n) is 4.88. The van der Waals surface area contributed by atoms with Crippen LogP contribution in [0.1, 0.15) is 10.4 Å². The second-order valence-corrected chi connectivity index (χ2v) is 4.85. The number of carbonyl (C=O) groups excluding carboxylic acids is 1. The first-order chi connectivity index (χ1) is 8.20. The molecule has 0 saturated carbocycles. The zero-order valence-electron chi connectivity index (χ0n) is 8.69. The molecule has 17 heavy (non-hydrogen) atoms. The lowest BCUT2D eigenvalue weighted by Crippen LogP contribution is -1.86. The van der Waals surface area contributed by atoms with E-state index in [2.05, 4.69) is 0 Å². The third-order valence-corrected chi connectivity index (χ3v) is 3.59. The van der Waals surface area contributed by atoms with Crippen molar-refractivity contribution in [2.45, 2.75) is 9.79 Å². The van der Waals surface area contributed by atoms with Crippen LogP contribution >= 0.6 is 23.4 Å². The number of rotatable bonds is 3. The summed E-state index contributed by atoms with van der Waals surface area (Å²) in [6, 6.07) is 11.3. The molecule has 2 aromatic rings. The van der Waals surface area contributed by atoms with Gasteiger partial charge in [0.1, 0.15) is 5.82 Å². The van der Waals surface area contributed by atoms with Gasteiger partial charge in [0, 0.05) is 15.4 Å². The van der Waals surface area contributed by atoms with Crippen LogP contribution in [0, 0.1) is 5.82 Å². The van der Waals surface area contributed by atoms with Crippen LogP contribution in [0.3, 0.4) is 0 Å². The highest BCUT2D eigenvalue weighted by atomic mass is 35.5. The quantitative estimate of drug-likeness (QED) is 0.764. The molecule has 0 spiro atoms. The molecule has 0 unspecified atom stereocenters. The molecule has 0 aliphatic heterocycles. The summed E-state index contributed by atoms with van der Waals surface area (Å²) in [5, 5.41) is 0.423. The molecule has 0 heterocycles. The minimum atomic E-state index is -0.281. The Labute approximate surface area is 108 Å². The Morgan fingerprint density at radius 1 is 1.12 bits per heavy atom. The van der Waals surface area contributed by atoms with E-state index in [-0.39, 0.29) is 5.82 Å². The predicted molar refractivity (Wildman–Crippen MR) is 67.4 cm³/mol. The molecule has 0 saturated heterocycles. The van der Waals surface area contributed by atoms with Gasteiger partial charge in [-0.1, -0.05) is 29.4 Å². The molecule has 0 radical (unpaired) electrons. The van der Waals surface area contributed by atoms with Gasteiger partial charge in [-0.25, -0.2) is 4.39 Å². The minimum Gasteiger partial charge on any atom is -0.298 e. The van der Waals surface area contributed by atoms with Gasteiger partial charge in [0.15, 0.2) is 6.29 Å². The Kier molecular flexibility index (Phi) is 3.82. The van der Waals surface area contributed by atoms with Crippen molar-refractivity contribution in [3.05, 3.63) is 58.9 Å². The zero-order chi connectivity index (χ0) is 12.3. The Morgan fingerprint density at radius 3 is 2.47 bits per heavy atom. The maximum absolute atomic E-state index is 12.7. The van der Waals surface area contributed by atoms with E-state index < -0.39 is 0 Å². The summed E-state index contributed by atoms with van der Waals surface area (Å²) in [6.07, 6.45) is 0.730. The molecule has 0 N–H and O–H groups in total. The minimum absolute atomic E-state index is 0.281. The SMILES string of the molecule is O=Cc1c(Cl)cccc1Sc1ccc(F)cc1. The highest BCUT2D eigenvalue weighted by molar-refractivity contribution is 7.99. The van der Waals surface area contributed by atoms with E-state index in [0.717, 1.165) is 16.1 Å². The van der Waals surface area contributed by atoms with Crippen molar-refractivity contribution < 1.29 is 9.18 Å². The van der Waals surface area contributed by atoms with Crippen LogP contribution in [0.25, 0.3) is 0 Å². The molecule has 0 atom stereocenters. The fourth-order valence-electron chi connectivity index (χ4n) is 1.35. The van der Waals surface area contributed by atoms with Crippen molar-refractivity contribution >= 4 is 29.6 Å². The van der Waals surface area contributed by atoms with Crippen LogP contribution in [0.2, 0.25) is 5.02 Å². The maximum atomic E-state index is 12.7. The van der Waals surface area contributed by atoms with Crippen LogP contribution in [0.5, 0.6) is 0 Å². The van der Waals surface area contributed by atoms with E-state index in [4.69, 9.17) is 11.6 Å². The highest BCUT2D eigenvalue weighted by Gasteiger charge is 2.07. The number of hydrogen-bond donors (Lipinski definition) is 0. The molecular formula is C13H8ClFOS. The fourth-order valence-corrected chi connectivity index (χ4v) is 2.57. The van der Waals surface area contributed by atoms with Crippen molar-refractivity contribution in [2.24, 2.45) is 0 Å². The molecule has 2 rings (SSSR count). The van der Waals surface area contributed by atoms with Gasteiger partial charge < -0.3 is 0 Å². The van der Waals surface area contributed by atoms with Crippen LogP contribution in [0.15, 0.2) is 52.3 Å². The van der Waals surface area contributed by atoms with E-state index >= 15 is 0 Å². The van der Waals surface area contributed by atoms with Gasteiger partial charge in [-0.2, -0.15) is 0 Å². The third-order valence-electron chi connectivity index (χ3n) is 2.17. The van der Waals surface area contributed by atoms with E-state index in [0.29, 0.717) is 10.6 Å². The predicted octanol–water partition coefficient (Wildman–Crippen LogP) is 4.44.